The first-order valence-electron chi connectivity index (χ1n) is 5.38. The molecule has 1 heterocycles. The normalized spacial score (nSPS) is 10.1. The fourth-order valence-corrected chi connectivity index (χ4v) is 1.72. The largest absolute Gasteiger partial charge is 0.481 e. The van der Waals surface area contributed by atoms with Crippen molar-refractivity contribution in [3.05, 3.63) is 42.5 Å². The van der Waals surface area contributed by atoms with Gasteiger partial charge in [-0.1, -0.05) is 24.8 Å². The molecule has 0 radical (unpaired) electrons. The molecule has 1 aromatic carbocycles. The van der Waals surface area contributed by atoms with Gasteiger partial charge in [-0.05, 0) is 6.07 Å². The van der Waals surface area contributed by atoms with Gasteiger partial charge in [0.15, 0.2) is 0 Å². The molecule has 4 heteroatoms. The molecule has 0 saturated carbocycles. The molecule has 0 N–H and O–H groups in total. The van der Waals surface area contributed by atoms with Crippen LogP contribution >= 0.6 is 0 Å². The van der Waals surface area contributed by atoms with Crippen LogP contribution in [0.5, 0.6) is 5.88 Å². The van der Waals surface area contributed by atoms with Gasteiger partial charge < -0.3 is 9.47 Å². The van der Waals surface area contributed by atoms with Crippen molar-refractivity contribution in [1.82, 2.24) is 4.98 Å². The zero-order valence-corrected chi connectivity index (χ0v) is 10.3. The number of methoxy groups -OCH3 is 2. The maximum Gasteiger partial charge on any atom is 0.337 e. The Kier molecular flexibility index (Phi) is 3.28. The third-order valence-electron chi connectivity index (χ3n) is 2.66. The minimum Gasteiger partial charge on any atom is -0.481 e. The first-order chi connectivity index (χ1) is 8.67. The summed E-state index contributed by atoms with van der Waals surface area (Å²) in [5.41, 5.74) is 1.61. The van der Waals surface area contributed by atoms with Crippen molar-refractivity contribution in [2.45, 2.75) is 0 Å². The van der Waals surface area contributed by atoms with Crippen LogP contribution in [0.4, 0.5) is 0 Å². The van der Waals surface area contributed by atoms with Gasteiger partial charge in [-0.3, -0.25) is 0 Å². The minimum atomic E-state index is -0.466. The van der Waals surface area contributed by atoms with Crippen LogP contribution in [-0.2, 0) is 9.53 Å². The summed E-state index contributed by atoms with van der Waals surface area (Å²) in [5.74, 6) is 0.0275. The van der Waals surface area contributed by atoms with E-state index < -0.39 is 5.97 Å². The first-order valence-corrected chi connectivity index (χ1v) is 5.38. The quantitative estimate of drug-likeness (QED) is 0.613. The van der Waals surface area contributed by atoms with E-state index in [2.05, 4.69) is 16.3 Å². The summed E-state index contributed by atoms with van der Waals surface area (Å²) in [5, 5.41) is 0.915. The molecule has 0 aliphatic rings. The second-order valence-electron chi connectivity index (χ2n) is 3.70. The third kappa shape index (κ3) is 2.05. The Hall–Kier alpha value is -2.36. The maximum atomic E-state index is 11.5. The molecule has 2 rings (SSSR count). The second kappa shape index (κ2) is 4.87. The second-order valence-corrected chi connectivity index (χ2v) is 3.70. The van der Waals surface area contributed by atoms with Crippen molar-refractivity contribution < 1.29 is 14.3 Å². The Morgan fingerprint density at radius 1 is 1.22 bits per heavy atom. The lowest BCUT2D eigenvalue weighted by atomic mass is 10.0. The number of ether oxygens (including phenoxy) is 2. The highest BCUT2D eigenvalue weighted by Crippen LogP contribution is 2.25. The SMILES string of the molecule is C=C(C(=O)OC)c1cccc2ccc(OC)nc12. The van der Waals surface area contributed by atoms with Crippen LogP contribution in [-0.4, -0.2) is 25.2 Å². The molecule has 0 aliphatic heterocycles. The number of esters is 1. The maximum absolute atomic E-state index is 11.5. The molecule has 0 aliphatic carbocycles. The van der Waals surface area contributed by atoms with E-state index in [9.17, 15) is 4.79 Å². The summed E-state index contributed by atoms with van der Waals surface area (Å²) in [7, 11) is 2.87. The number of carbonyl (C=O) groups excluding carboxylic acids is 1. The lowest BCUT2D eigenvalue weighted by Crippen LogP contribution is -2.03. The summed E-state index contributed by atoms with van der Waals surface area (Å²) in [4.78, 5) is 15.9. The van der Waals surface area contributed by atoms with E-state index >= 15 is 0 Å². The van der Waals surface area contributed by atoms with Crippen LogP contribution in [0.2, 0.25) is 0 Å². The molecule has 0 atom stereocenters. The molecule has 0 bridgehead atoms. The molecule has 0 spiro atoms. The first kappa shape index (κ1) is 12.1. The predicted octanol–water partition coefficient (Wildman–Crippen LogP) is 2.43. The number of para-hydroxylation sites is 1. The smallest absolute Gasteiger partial charge is 0.337 e. The van der Waals surface area contributed by atoms with E-state index in [1.165, 1.54) is 7.11 Å². The number of hydrogen-bond donors (Lipinski definition) is 0. The Morgan fingerprint density at radius 3 is 2.67 bits per heavy atom. The van der Waals surface area contributed by atoms with Gasteiger partial charge in [0.1, 0.15) is 0 Å². The number of hydrogen-bond acceptors (Lipinski definition) is 4. The summed E-state index contributed by atoms with van der Waals surface area (Å²) >= 11 is 0. The molecule has 0 amide bonds. The third-order valence-corrected chi connectivity index (χ3v) is 2.66. The van der Waals surface area contributed by atoms with E-state index in [0.717, 1.165) is 5.39 Å². The van der Waals surface area contributed by atoms with Crippen molar-refractivity contribution in [2.75, 3.05) is 14.2 Å². The number of rotatable bonds is 3. The fourth-order valence-electron chi connectivity index (χ4n) is 1.72. The predicted molar refractivity (Wildman–Crippen MR) is 69.3 cm³/mol. The minimum absolute atomic E-state index is 0.281. The molecule has 0 saturated heterocycles. The highest BCUT2D eigenvalue weighted by molar-refractivity contribution is 6.18. The molecular weight excluding hydrogens is 230 g/mol. The number of pyridine rings is 1. The van der Waals surface area contributed by atoms with Gasteiger partial charge in [-0.15, -0.1) is 0 Å². The lowest BCUT2D eigenvalue weighted by molar-refractivity contribution is -0.133. The average Bonchev–Trinajstić information content (AvgIpc) is 2.44. The van der Waals surface area contributed by atoms with E-state index in [1.54, 1.807) is 19.2 Å². The van der Waals surface area contributed by atoms with Crippen molar-refractivity contribution >= 4 is 22.4 Å². The summed E-state index contributed by atoms with van der Waals surface area (Å²) in [6.07, 6.45) is 0. The summed E-state index contributed by atoms with van der Waals surface area (Å²) in [6.45, 7) is 3.75. The Labute approximate surface area is 105 Å². The number of nitrogens with zero attached hydrogens (tertiary/aromatic N) is 1. The Morgan fingerprint density at radius 2 is 2.00 bits per heavy atom. The fraction of sp³-hybridized carbons (Fsp3) is 0.143. The standard InChI is InChI=1S/C14H13NO3/c1-9(14(16)18-3)11-6-4-5-10-7-8-12(17-2)15-13(10)11/h4-8H,1H2,2-3H3. The van der Waals surface area contributed by atoms with Gasteiger partial charge in [-0.2, -0.15) is 0 Å². The highest BCUT2D eigenvalue weighted by Gasteiger charge is 2.13. The van der Waals surface area contributed by atoms with E-state index in [4.69, 9.17) is 4.74 Å². The summed E-state index contributed by atoms with van der Waals surface area (Å²) in [6, 6.07) is 9.20. The van der Waals surface area contributed by atoms with Gasteiger partial charge >= 0.3 is 5.97 Å². The van der Waals surface area contributed by atoms with Crippen molar-refractivity contribution in [3.8, 4) is 5.88 Å². The van der Waals surface area contributed by atoms with Crippen LogP contribution in [0, 0.1) is 0 Å². The Balaban J connectivity index is 2.63. The molecule has 92 valence electrons. The molecule has 0 unspecified atom stereocenters. The van der Waals surface area contributed by atoms with Crippen molar-refractivity contribution in [2.24, 2.45) is 0 Å². The molecule has 0 fully saturated rings. The van der Waals surface area contributed by atoms with Crippen LogP contribution in [0.25, 0.3) is 16.5 Å². The van der Waals surface area contributed by atoms with Gasteiger partial charge in [0.2, 0.25) is 5.88 Å². The lowest BCUT2D eigenvalue weighted by Gasteiger charge is -2.08. The topological polar surface area (TPSA) is 48.4 Å². The molecular formula is C14H13NO3. The average molecular weight is 243 g/mol. The van der Waals surface area contributed by atoms with Crippen LogP contribution < -0.4 is 4.74 Å². The number of carbonyl (C=O) groups is 1. The Bertz CT molecular complexity index is 619. The molecule has 2 aromatic rings. The molecule has 1 aromatic heterocycles. The van der Waals surface area contributed by atoms with Crippen LogP contribution in [0.3, 0.4) is 0 Å². The van der Waals surface area contributed by atoms with Gasteiger partial charge in [0.05, 0.1) is 25.3 Å². The van der Waals surface area contributed by atoms with Crippen molar-refractivity contribution in [1.29, 1.82) is 0 Å². The monoisotopic (exact) mass is 243 g/mol. The number of benzene rings is 1. The van der Waals surface area contributed by atoms with Gasteiger partial charge in [0.25, 0.3) is 0 Å². The van der Waals surface area contributed by atoms with Crippen molar-refractivity contribution in [3.63, 3.8) is 0 Å². The summed E-state index contributed by atoms with van der Waals surface area (Å²) < 4.78 is 9.76. The zero-order chi connectivity index (χ0) is 13.1. The molecule has 4 nitrogen and oxygen atoms in total. The van der Waals surface area contributed by atoms with Crippen LogP contribution in [0.15, 0.2) is 36.9 Å². The van der Waals surface area contributed by atoms with E-state index in [1.807, 2.05) is 18.2 Å². The van der Waals surface area contributed by atoms with Gasteiger partial charge in [-0.25, -0.2) is 9.78 Å². The number of fused-ring (bicyclic) bond motifs is 1. The zero-order valence-electron chi connectivity index (χ0n) is 10.3. The van der Waals surface area contributed by atoms with E-state index in [-0.39, 0.29) is 5.57 Å². The number of aromatic nitrogens is 1. The van der Waals surface area contributed by atoms with Crippen LogP contribution in [0.1, 0.15) is 5.56 Å². The van der Waals surface area contributed by atoms with Gasteiger partial charge in [0, 0.05) is 17.0 Å². The molecule has 18 heavy (non-hydrogen) atoms. The highest BCUT2D eigenvalue weighted by atomic mass is 16.5. The van der Waals surface area contributed by atoms with E-state index in [0.29, 0.717) is 17.0 Å².